The maximum absolute atomic E-state index is 4.42. The Bertz CT molecular complexity index is 997. The number of piperazine rings is 1. The van der Waals surface area contributed by atoms with Gasteiger partial charge in [-0.3, -0.25) is 9.97 Å². The molecule has 3 N–H and O–H groups in total. The van der Waals surface area contributed by atoms with E-state index >= 15 is 0 Å². The average Bonchev–Trinajstić information content (AvgIpc) is 2.77. The second-order valence-electron chi connectivity index (χ2n) is 7.22. The van der Waals surface area contributed by atoms with Gasteiger partial charge < -0.3 is 20.9 Å². The van der Waals surface area contributed by atoms with E-state index in [2.05, 4.69) is 73.5 Å². The van der Waals surface area contributed by atoms with Crippen molar-refractivity contribution in [1.29, 1.82) is 0 Å². The lowest BCUT2D eigenvalue weighted by Gasteiger charge is -2.38. The van der Waals surface area contributed by atoms with Crippen molar-refractivity contribution >= 4 is 11.0 Å². The van der Waals surface area contributed by atoms with Crippen LogP contribution in [-0.2, 0) is 6.54 Å². The number of allylic oxidation sites excluding steroid dienone is 2. The third-order valence-corrected chi connectivity index (χ3v) is 5.41. The normalized spacial score (nSPS) is 21.4. The second-order valence-corrected chi connectivity index (χ2v) is 7.22. The molecule has 1 aromatic carbocycles. The van der Waals surface area contributed by atoms with Crippen LogP contribution >= 0.6 is 0 Å². The highest BCUT2D eigenvalue weighted by Crippen LogP contribution is 2.28. The highest BCUT2D eigenvalue weighted by atomic mass is 15.2. The third kappa shape index (κ3) is 3.27. The minimum Gasteiger partial charge on any atom is -0.379 e. The van der Waals surface area contributed by atoms with E-state index in [0.29, 0.717) is 0 Å². The first-order valence-corrected chi connectivity index (χ1v) is 9.83. The fourth-order valence-electron chi connectivity index (χ4n) is 4.00. The van der Waals surface area contributed by atoms with Gasteiger partial charge in [-0.25, -0.2) is 0 Å². The van der Waals surface area contributed by atoms with Crippen LogP contribution in [0.4, 0.5) is 0 Å². The van der Waals surface area contributed by atoms with Crippen LogP contribution in [0.15, 0.2) is 78.1 Å². The molecular weight excluding hydrogens is 348 g/mol. The number of dihydropyridines is 1. The van der Waals surface area contributed by atoms with Gasteiger partial charge in [-0.1, -0.05) is 30.4 Å². The van der Waals surface area contributed by atoms with Crippen molar-refractivity contribution in [3.05, 3.63) is 83.6 Å². The summed E-state index contributed by atoms with van der Waals surface area (Å²) in [6.07, 6.45) is 14.3. The Balaban J connectivity index is 1.40. The smallest absolute Gasteiger partial charge is 0.0890 e. The summed E-state index contributed by atoms with van der Waals surface area (Å²) < 4.78 is 0. The Hall–Kier alpha value is -3.12. The van der Waals surface area contributed by atoms with Gasteiger partial charge in [-0.2, -0.15) is 0 Å². The van der Waals surface area contributed by atoms with Crippen LogP contribution < -0.4 is 16.0 Å². The first-order valence-electron chi connectivity index (χ1n) is 9.83. The zero-order chi connectivity index (χ0) is 18.8. The Kier molecular flexibility index (Phi) is 4.54. The number of benzene rings is 1. The minimum atomic E-state index is 0.247. The van der Waals surface area contributed by atoms with Crippen LogP contribution in [0.5, 0.6) is 0 Å². The second kappa shape index (κ2) is 7.48. The molecule has 2 aromatic rings. The molecule has 6 heteroatoms. The van der Waals surface area contributed by atoms with Crippen LogP contribution in [0.25, 0.3) is 11.0 Å². The Morgan fingerprint density at radius 2 is 1.93 bits per heavy atom. The van der Waals surface area contributed by atoms with Crippen molar-refractivity contribution in [3.8, 4) is 0 Å². The molecule has 142 valence electrons. The molecule has 1 atom stereocenters. The first-order chi connectivity index (χ1) is 13.9. The van der Waals surface area contributed by atoms with E-state index in [1.807, 2.05) is 6.07 Å². The summed E-state index contributed by atoms with van der Waals surface area (Å²) in [6.45, 7) is 4.82. The summed E-state index contributed by atoms with van der Waals surface area (Å²) in [5.41, 5.74) is 6.84. The Labute approximate surface area is 164 Å². The van der Waals surface area contributed by atoms with Crippen molar-refractivity contribution in [1.82, 2.24) is 30.8 Å². The molecule has 1 fully saturated rings. The van der Waals surface area contributed by atoms with E-state index < -0.39 is 0 Å². The number of rotatable bonds is 4. The van der Waals surface area contributed by atoms with E-state index in [0.717, 1.165) is 49.5 Å². The fraction of sp³-hybridized carbons (Fsp3) is 0.273. The van der Waals surface area contributed by atoms with Crippen LogP contribution in [0.3, 0.4) is 0 Å². The summed E-state index contributed by atoms with van der Waals surface area (Å²) in [6, 6.07) is 6.50. The van der Waals surface area contributed by atoms with Crippen molar-refractivity contribution in [2.24, 2.45) is 0 Å². The lowest BCUT2D eigenvalue weighted by molar-refractivity contribution is 0.295. The molecule has 3 heterocycles. The Morgan fingerprint density at radius 1 is 1.07 bits per heavy atom. The topological polar surface area (TPSA) is 65.1 Å². The lowest BCUT2D eigenvalue weighted by atomic mass is 9.95. The average molecular weight is 372 g/mol. The van der Waals surface area contributed by atoms with E-state index in [-0.39, 0.29) is 6.04 Å². The maximum atomic E-state index is 4.42. The molecule has 1 aliphatic carbocycles. The zero-order valence-corrected chi connectivity index (χ0v) is 15.7. The first kappa shape index (κ1) is 17.0. The number of hydrogen-bond acceptors (Lipinski definition) is 6. The van der Waals surface area contributed by atoms with Crippen molar-refractivity contribution < 1.29 is 0 Å². The number of fused-ring (bicyclic) bond motifs is 2. The number of hydrogen-bond donors (Lipinski definition) is 3. The highest BCUT2D eigenvalue weighted by Gasteiger charge is 2.27. The predicted molar refractivity (Wildman–Crippen MR) is 111 cm³/mol. The third-order valence-electron chi connectivity index (χ3n) is 5.41. The highest BCUT2D eigenvalue weighted by molar-refractivity contribution is 5.74. The number of aromatic nitrogens is 2. The van der Waals surface area contributed by atoms with Crippen LogP contribution in [0.2, 0.25) is 0 Å². The Morgan fingerprint density at radius 3 is 2.82 bits per heavy atom. The number of nitrogens with one attached hydrogen (secondary N) is 3. The lowest BCUT2D eigenvalue weighted by Crippen LogP contribution is -2.47. The van der Waals surface area contributed by atoms with Gasteiger partial charge in [0, 0.05) is 56.9 Å². The molecule has 3 aliphatic rings. The van der Waals surface area contributed by atoms with Crippen LogP contribution in [0, 0.1) is 0 Å². The van der Waals surface area contributed by atoms with Gasteiger partial charge in [0.2, 0.25) is 0 Å². The summed E-state index contributed by atoms with van der Waals surface area (Å²) in [5.74, 6) is 0. The van der Waals surface area contributed by atoms with E-state index in [4.69, 9.17) is 0 Å². The van der Waals surface area contributed by atoms with Crippen molar-refractivity contribution in [3.63, 3.8) is 0 Å². The van der Waals surface area contributed by atoms with Gasteiger partial charge in [0.1, 0.15) is 0 Å². The summed E-state index contributed by atoms with van der Waals surface area (Å²) >= 11 is 0. The number of nitrogens with zero attached hydrogens (tertiary/aromatic N) is 3. The molecule has 1 saturated heterocycles. The molecule has 5 rings (SSSR count). The quantitative estimate of drug-likeness (QED) is 0.761. The van der Waals surface area contributed by atoms with E-state index in [1.165, 1.54) is 16.8 Å². The van der Waals surface area contributed by atoms with E-state index in [9.17, 15) is 0 Å². The monoisotopic (exact) mass is 372 g/mol. The molecule has 6 nitrogen and oxygen atoms in total. The molecule has 0 saturated carbocycles. The van der Waals surface area contributed by atoms with Crippen LogP contribution in [-0.4, -0.2) is 47.1 Å². The summed E-state index contributed by atoms with van der Waals surface area (Å²) in [4.78, 5) is 11.3. The van der Waals surface area contributed by atoms with Gasteiger partial charge in [0.25, 0.3) is 0 Å². The van der Waals surface area contributed by atoms with Crippen LogP contribution in [0.1, 0.15) is 5.56 Å². The molecule has 0 radical (unpaired) electrons. The molecule has 28 heavy (non-hydrogen) atoms. The molecular formula is C22H24N6. The molecule has 1 aromatic heterocycles. The standard InChI is InChI=1S/C22H24N6/c1-2-4-18-17(3-1)22(28-11-9-23-10-12-28)21(15-27-18)26-14-16-5-6-19-20(13-16)25-8-7-24-19/h1-8,13,15,18,23,26-27H,9-12,14H2. The molecule has 0 amide bonds. The molecule has 1 unspecified atom stereocenters. The zero-order valence-electron chi connectivity index (χ0n) is 15.7. The summed E-state index contributed by atoms with van der Waals surface area (Å²) in [7, 11) is 0. The maximum Gasteiger partial charge on any atom is 0.0890 e. The van der Waals surface area contributed by atoms with Crippen molar-refractivity contribution in [2.45, 2.75) is 12.6 Å². The molecule has 0 spiro atoms. The molecule has 0 bridgehead atoms. The molecule has 2 aliphatic heterocycles. The van der Waals surface area contributed by atoms with Gasteiger partial charge in [-0.15, -0.1) is 0 Å². The van der Waals surface area contributed by atoms with Gasteiger partial charge in [0.05, 0.1) is 28.5 Å². The van der Waals surface area contributed by atoms with Gasteiger partial charge in [-0.05, 0) is 17.7 Å². The van der Waals surface area contributed by atoms with Gasteiger partial charge >= 0.3 is 0 Å². The van der Waals surface area contributed by atoms with E-state index in [1.54, 1.807) is 12.4 Å². The minimum absolute atomic E-state index is 0.247. The predicted octanol–water partition coefficient (Wildman–Crippen LogP) is 1.82. The van der Waals surface area contributed by atoms with Gasteiger partial charge in [0.15, 0.2) is 0 Å². The fourth-order valence-corrected chi connectivity index (χ4v) is 4.00. The largest absolute Gasteiger partial charge is 0.379 e. The SMILES string of the molecule is C1=CC2=C(N3CCNCC3)C(NCc3ccc4nccnc4c3)=CNC2C=C1. The summed E-state index contributed by atoms with van der Waals surface area (Å²) in [5, 5.41) is 10.6. The van der Waals surface area contributed by atoms with Crippen molar-refractivity contribution in [2.75, 3.05) is 26.2 Å².